The summed E-state index contributed by atoms with van der Waals surface area (Å²) < 4.78 is 16.1. The topological polar surface area (TPSA) is 80.9 Å². The van der Waals surface area contributed by atoms with Gasteiger partial charge in [-0.2, -0.15) is 0 Å². The van der Waals surface area contributed by atoms with Crippen molar-refractivity contribution < 1.29 is 13.9 Å². The number of oxazole rings is 1. The molecule has 7 heteroatoms. The first-order valence-corrected chi connectivity index (χ1v) is 8.15. The van der Waals surface area contributed by atoms with E-state index < -0.39 is 0 Å². The van der Waals surface area contributed by atoms with Crippen molar-refractivity contribution in [2.24, 2.45) is 4.99 Å². The van der Waals surface area contributed by atoms with Gasteiger partial charge in [-0.05, 0) is 38.0 Å². The largest absolute Gasteiger partial charge is 0.493 e. The molecule has 0 spiro atoms. The lowest BCUT2D eigenvalue weighted by molar-refractivity contribution is 0.354. The molecule has 0 amide bonds. The van der Waals surface area contributed by atoms with Gasteiger partial charge in [0.15, 0.2) is 17.5 Å². The number of nitrogens with zero attached hydrogens (tertiary/aromatic N) is 2. The van der Waals surface area contributed by atoms with Crippen LogP contribution in [0.25, 0.3) is 0 Å². The number of aliphatic imine (C=N–C) groups is 1. The lowest BCUT2D eigenvalue weighted by Gasteiger charge is -2.12. The fourth-order valence-electron chi connectivity index (χ4n) is 2.36. The fourth-order valence-corrected chi connectivity index (χ4v) is 2.36. The lowest BCUT2D eigenvalue weighted by atomic mass is 10.1. The van der Waals surface area contributed by atoms with Gasteiger partial charge in [0.05, 0.1) is 26.5 Å². The molecule has 1 heterocycles. The molecule has 136 valence electrons. The smallest absolute Gasteiger partial charge is 0.214 e. The number of ether oxygens (including phenoxy) is 2. The van der Waals surface area contributed by atoms with Crippen LogP contribution in [0.15, 0.2) is 27.6 Å². The Balaban J connectivity index is 1.82. The van der Waals surface area contributed by atoms with E-state index in [0.29, 0.717) is 18.4 Å². The molecule has 0 fully saturated rings. The van der Waals surface area contributed by atoms with Gasteiger partial charge in [0.2, 0.25) is 5.89 Å². The van der Waals surface area contributed by atoms with Gasteiger partial charge in [0, 0.05) is 13.6 Å². The van der Waals surface area contributed by atoms with Crippen molar-refractivity contribution in [1.29, 1.82) is 0 Å². The third-order valence-electron chi connectivity index (χ3n) is 3.86. The molecule has 0 radical (unpaired) electrons. The minimum Gasteiger partial charge on any atom is -0.493 e. The summed E-state index contributed by atoms with van der Waals surface area (Å²) in [6, 6.07) is 5.92. The molecule has 0 aliphatic heterocycles. The summed E-state index contributed by atoms with van der Waals surface area (Å²) in [5.74, 6) is 3.66. The summed E-state index contributed by atoms with van der Waals surface area (Å²) in [6.07, 6.45) is 0.832. The van der Waals surface area contributed by atoms with Crippen LogP contribution in [0.5, 0.6) is 11.5 Å². The molecule has 2 aromatic rings. The highest BCUT2D eigenvalue weighted by Crippen LogP contribution is 2.27. The van der Waals surface area contributed by atoms with Crippen LogP contribution in [0.2, 0.25) is 0 Å². The number of aryl methyl sites for hydroxylation is 2. The van der Waals surface area contributed by atoms with E-state index in [1.807, 2.05) is 32.0 Å². The van der Waals surface area contributed by atoms with Gasteiger partial charge in [-0.1, -0.05) is 6.07 Å². The van der Waals surface area contributed by atoms with Crippen LogP contribution in [0.4, 0.5) is 0 Å². The molecular weight excluding hydrogens is 320 g/mol. The highest BCUT2D eigenvalue weighted by molar-refractivity contribution is 5.79. The zero-order valence-corrected chi connectivity index (χ0v) is 15.5. The molecule has 0 unspecified atom stereocenters. The van der Waals surface area contributed by atoms with Gasteiger partial charge in [-0.25, -0.2) is 4.98 Å². The van der Waals surface area contributed by atoms with E-state index in [9.17, 15) is 0 Å². The minimum absolute atomic E-state index is 0.491. The number of guanidine groups is 1. The van der Waals surface area contributed by atoms with Gasteiger partial charge >= 0.3 is 0 Å². The number of nitrogens with one attached hydrogen (secondary N) is 2. The van der Waals surface area contributed by atoms with Crippen LogP contribution in [-0.2, 0) is 13.0 Å². The molecule has 2 rings (SSSR count). The van der Waals surface area contributed by atoms with E-state index >= 15 is 0 Å². The Hall–Kier alpha value is -2.70. The Kier molecular flexibility index (Phi) is 6.68. The molecule has 7 nitrogen and oxygen atoms in total. The van der Waals surface area contributed by atoms with Crippen LogP contribution >= 0.6 is 0 Å². The highest BCUT2D eigenvalue weighted by Gasteiger charge is 2.07. The van der Waals surface area contributed by atoms with Crippen molar-refractivity contribution in [1.82, 2.24) is 15.6 Å². The Morgan fingerprint density at radius 3 is 2.52 bits per heavy atom. The number of benzene rings is 1. The van der Waals surface area contributed by atoms with Crippen molar-refractivity contribution in [3.63, 3.8) is 0 Å². The predicted octanol–water partition coefficient (Wildman–Crippen LogP) is 2.22. The second-order valence-corrected chi connectivity index (χ2v) is 5.54. The number of hydrogen-bond acceptors (Lipinski definition) is 5. The Labute approximate surface area is 148 Å². The Bertz CT molecular complexity index is 706. The molecule has 0 aliphatic carbocycles. The number of aromatic nitrogens is 1. The summed E-state index contributed by atoms with van der Waals surface area (Å²) in [5.41, 5.74) is 2.06. The van der Waals surface area contributed by atoms with E-state index in [4.69, 9.17) is 13.9 Å². The van der Waals surface area contributed by atoms with E-state index in [1.54, 1.807) is 21.3 Å². The number of hydrogen-bond donors (Lipinski definition) is 2. The third-order valence-corrected chi connectivity index (χ3v) is 3.86. The second-order valence-electron chi connectivity index (χ2n) is 5.54. The maximum atomic E-state index is 5.55. The van der Waals surface area contributed by atoms with Crippen molar-refractivity contribution in [3.8, 4) is 11.5 Å². The number of rotatable bonds is 7. The van der Waals surface area contributed by atoms with E-state index in [2.05, 4.69) is 20.6 Å². The molecule has 0 saturated heterocycles. The van der Waals surface area contributed by atoms with Gasteiger partial charge in [-0.15, -0.1) is 0 Å². The van der Waals surface area contributed by atoms with E-state index in [1.165, 1.54) is 0 Å². The summed E-state index contributed by atoms with van der Waals surface area (Å²) in [5, 5.41) is 6.46. The van der Waals surface area contributed by atoms with Crippen molar-refractivity contribution in [2.45, 2.75) is 26.8 Å². The fraction of sp³-hybridized carbons (Fsp3) is 0.444. The summed E-state index contributed by atoms with van der Waals surface area (Å²) in [6.45, 7) is 5.06. The number of methoxy groups -OCH3 is 2. The third kappa shape index (κ3) is 5.14. The molecule has 0 aliphatic rings. The maximum Gasteiger partial charge on any atom is 0.214 e. The first-order chi connectivity index (χ1) is 12.1. The quantitative estimate of drug-likeness (QED) is 0.591. The molecule has 0 atom stereocenters. The maximum absolute atomic E-state index is 5.55. The SMILES string of the molecule is CN=C(NCCc1ccc(OC)c(OC)c1)NCc1nc(C)c(C)o1. The van der Waals surface area contributed by atoms with Crippen molar-refractivity contribution >= 4 is 5.96 Å². The first-order valence-electron chi connectivity index (χ1n) is 8.15. The average molecular weight is 346 g/mol. The van der Waals surface area contributed by atoms with Gasteiger partial charge in [0.25, 0.3) is 0 Å². The van der Waals surface area contributed by atoms with Gasteiger partial charge in [0.1, 0.15) is 5.76 Å². The van der Waals surface area contributed by atoms with Crippen LogP contribution < -0.4 is 20.1 Å². The molecule has 25 heavy (non-hydrogen) atoms. The van der Waals surface area contributed by atoms with E-state index in [0.717, 1.165) is 41.5 Å². The Morgan fingerprint density at radius 2 is 1.92 bits per heavy atom. The molecule has 0 saturated carbocycles. The minimum atomic E-state index is 0.491. The molecule has 2 N–H and O–H groups in total. The highest BCUT2D eigenvalue weighted by atomic mass is 16.5. The standard InChI is InChI=1S/C18H26N4O3/c1-12-13(2)25-17(22-12)11-21-18(19-3)20-9-8-14-6-7-15(23-4)16(10-14)24-5/h6-7,10H,8-9,11H2,1-5H3,(H2,19,20,21). The summed E-state index contributed by atoms with van der Waals surface area (Å²) in [7, 11) is 5.00. The molecule has 0 bridgehead atoms. The second kappa shape index (κ2) is 8.96. The molecular formula is C18H26N4O3. The van der Waals surface area contributed by atoms with Gasteiger partial charge in [-0.3, -0.25) is 4.99 Å². The average Bonchev–Trinajstić information content (AvgIpc) is 2.95. The first kappa shape index (κ1) is 18.6. The van der Waals surface area contributed by atoms with Gasteiger partial charge < -0.3 is 24.5 Å². The van der Waals surface area contributed by atoms with E-state index in [-0.39, 0.29) is 0 Å². The monoisotopic (exact) mass is 346 g/mol. The molecule has 1 aromatic carbocycles. The molecule has 1 aromatic heterocycles. The van der Waals surface area contributed by atoms with Crippen LogP contribution in [0.3, 0.4) is 0 Å². The summed E-state index contributed by atoms with van der Waals surface area (Å²) in [4.78, 5) is 8.55. The van der Waals surface area contributed by atoms with Crippen LogP contribution in [0.1, 0.15) is 22.9 Å². The van der Waals surface area contributed by atoms with Crippen molar-refractivity contribution in [2.75, 3.05) is 27.8 Å². The normalized spacial score (nSPS) is 11.3. The van der Waals surface area contributed by atoms with Crippen LogP contribution in [-0.4, -0.2) is 38.8 Å². The zero-order valence-electron chi connectivity index (χ0n) is 15.5. The lowest BCUT2D eigenvalue weighted by Crippen LogP contribution is -2.37. The van der Waals surface area contributed by atoms with Crippen LogP contribution in [0, 0.1) is 13.8 Å². The zero-order chi connectivity index (χ0) is 18.2. The van der Waals surface area contributed by atoms with Crippen molar-refractivity contribution in [3.05, 3.63) is 41.1 Å². The Morgan fingerprint density at radius 1 is 1.16 bits per heavy atom. The predicted molar refractivity (Wildman–Crippen MR) is 97.4 cm³/mol. The summed E-state index contributed by atoms with van der Waals surface area (Å²) >= 11 is 0.